The maximum atomic E-state index is 13.9. The third-order valence-electron chi connectivity index (χ3n) is 7.66. The summed E-state index contributed by atoms with van der Waals surface area (Å²) >= 11 is 0. The highest BCUT2D eigenvalue weighted by Crippen LogP contribution is 2.53. The normalized spacial score (nSPS) is 24.7. The number of fused-ring (bicyclic) bond motifs is 6. The van der Waals surface area contributed by atoms with Crippen molar-refractivity contribution in [2.45, 2.75) is 19.0 Å². The lowest BCUT2D eigenvalue weighted by Gasteiger charge is -2.35. The number of nitrogens with one attached hydrogen (secondary N) is 1. The molecular formula is C29H23N3O5. The van der Waals surface area contributed by atoms with E-state index in [1.807, 2.05) is 60.5 Å². The topological polar surface area (TPSA) is 88.2 Å². The number of imide groups is 1. The van der Waals surface area contributed by atoms with Crippen molar-refractivity contribution in [3.8, 4) is 11.5 Å². The zero-order chi connectivity index (χ0) is 25.3. The van der Waals surface area contributed by atoms with Crippen molar-refractivity contribution in [3.05, 3.63) is 89.6 Å². The molecule has 8 nitrogen and oxygen atoms in total. The minimum absolute atomic E-state index is 0.129. The maximum Gasteiger partial charge on any atom is 0.247 e. The molecule has 1 N–H and O–H groups in total. The van der Waals surface area contributed by atoms with Crippen LogP contribution in [-0.2, 0) is 14.4 Å². The lowest BCUT2D eigenvalue weighted by atomic mass is 9.84. The van der Waals surface area contributed by atoms with E-state index in [9.17, 15) is 14.4 Å². The first-order chi connectivity index (χ1) is 18.0. The van der Waals surface area contributed by atoms with Crippen LogP contribution >= 0.6 is 0 Å². The minimum Gasteiger partial charge on any atom is -0.454 e. The second kappa shape index (κ2) is 7.96. The number of ether oxygens (including phenoxy) is 2. The highest BCUT2D eigenvalue weighted by atomic mass is 16.7. The van der Waals surface area contributed by atoms with E-state index in [4.69, 9.17) is 9.47 Å². The van der Waals surface area contributed by atoms with Gasteiger partial charge in [-0.2, -0.15) is 0 Å². The smallest absolute Gasteiger partial charge is 0.247 e. The molecule has 4 heterocycles. The molecule has 0 spiro atoms. The van der Waals surface area contributed by atoms with Gasteiger partial charge in [0.1, 0.15) is 6.04 Å². The predicted octanol–water partition coefficient (Wildman–Crippen LogP) is 3.88. The van der Waals surface area contributed by atoms with Gasteiger partial charge in [0.15, 0.2) is 11.5 Å². The Labute approximate surface area is 213 Å². The van der Waals surface area contributed by atoms with Gasteiger partial charge in [-0.1, -0.05) is 42.0 Å². The van der Waals surface area contributed by atoms with Crippen molar-refractivity contribution >= 4 is 35.2 Å². The highest BCUT2D eigenvalue weighted by Gasteiger charge is 2.64. The number of amides is 3. The molecule has 0 aliphatic carbocycles. The summed E-state index contributed by atoms with van der Waals surface area (Å²) in [5.74, 6) is -1.35. The number of hydrogen-bond acceptors (Lipinski definition) is 6. The van der Waals surface area contributed by atoms with E-state index in [0.717, 1.165) is 16.7 Å². The van der Waals surface area contributed by atoms with Crippen molar-refractivity contribution in [3.63, 3.8) is 0 Å². The van der Waals surface area contributed by atoms with Crippen LogP contribution in [0.2, 0.25) is 0 Å². The summed E-state index contributed by atoms with van der Waals surface area (Å²) in [7, 11) is 0. The molecule has 3 amide bonds. The van der Waals surface area contributed by atoms with Gasteiger partial charge in [-0.3, -0.25) is 14.4 Å². The van der Waals surface area contributed by atoms with Gasteiger partial charge >= 0.3 is 0 Å². The van der Waals surface area contributed by atoms with Crippen LogP contribution in [0, 0.1) is 18.8 Å². The van der Waals surface area contributed by atoms with Crippen LogP contribution in [0.5, 0.6) is 11.5 Å². The van der Waals surface area contributed by atoms with E-state index >= 15 is 0 Å². The van der Waals surface area contributed by atoms with Gasteiger partial charge in [0.25, 0.3) is 0 Å². The number of hydrogen-bond donors (Lipinski definition) is 1. The van der Waals surface area contributed by atoms with Crippen molar-refractivity contribution in [1.82, 2.24) is 4.90 Å². The average Bonchev–Trinajstić information content (AvgIpc) is 3.58. The molecule has 8 heteroatoms. The minimum atomic E-state index is -0.864. The zero-order valence-corrected chi connectivity index (χ0v) is 20.0. The summed E-state index contributed by atoms with van der Waals surface area (Å²) in [5.41, 5.74) is 4.00. The van der Waals surface area contributed by atoms with Crippen LogP contribution in [0.15, 0.2) is 72.9 Å². The third kappa shape index (κ3) is 3.18. The van der Waals surface area contributed by atoms with Crippen molar-refractivity contribution in [2.24, 2.45) is 11.8 Å². The Morgan fingerprint density at radius 1 is 0.919 bits per heavy atom. The molecule has 0 saturated carbocycles. The van der Waals surface area contributed by atoms with Crippen LogP contribution in [0.1, 0.15) is 22.7 Å². The summed E-state index contributed by atoms with van der Waals surface area (Å²) in [6.45, 7) is 2.08. The molecule has 4 aliphatic rings. The Hall–Kier alpha value is -4.59. The molecular weight excluding hydrogens is 470 g/mol. The highest BCUT2D eigenvalue weighted by molar-refractivity contribution is 6.24. The second-order valence-corrected chi connectivity index (χ2v) is 9.74. The molecule has 4 atom stereocenters. The van der Waals surface area contributed by atoms with E-state index in [1.54, 1.807) is 30.3 Å². The first-order valence-electron chi connectivity index (χ1n) is 12.2. The van der Waals surface area contributed by atoms with Crippen LogP contribution in [0.4, 0.5) is 11.4 Å². The summed E-state index contributed by atoms with van der Waals surface area (Å²) in [4.78, 5) is 44.7. The second-order valence-electron chi connectivity index (χ2n) is 9.74. The Kier molecular flexibility index (Phi) is 4.66. The molecule has 184 valence electrons. The third-order valence-corrected chi connectivity index (χ3v) is 7.66. The number of benzene rings is 3. The molecule has 3 aromatic rings. The molecule has 2 fully saturated rings. The average molecular weight is 494 g/mol. The van der Waals surface area contributed by atoms with Gasteiger partial charge in [0, 0.05) is 18.0 Å². The fourth-order valence-electron chi connectivity index (χ4n) is 6.00. The molecule has 0 bridgehead atoms. The number of anilines is 2. The molecule has 37 heavy (non-hydrogen) atoms. The van der Waals surface area contributed by atoms with E-state index in [0.29, 0.717) is 22.9 Å². The lowest BCUT2D eigenvalue weighted by Crippen LogP contribution is -2.46. The number of aryl methyl sites for hydroxylation is 1. The maximum absolute atomic E-state index is 13.9. The standard InChI is InChI=1S/C29H23N3O5/c1-16-6-9-19(10-7-16)32-28(34)23-24(29(32)35)26(31-13-12-17-4-2-3-5-20(17)25(23)31)27(33)30-18-8-11-21-22(14-18)37-15-36-21/h2-14,23-26H,15H2,1H3,(H,30,33). The molecule has 3 aromatic carbocycles. The summed E-state index contributed by atoms with van der Waals surface area (Å²) < 4.78 is 10.8. The van der Waals surface area contributed by atoms with E-state index in [2.05, 4.69) is 5.32 Å². The molecule has 7 rings (SSSR count). The number of carbonyl (C=O) groups is 3. The van der Waals surface area contributed by atoms with Gasteiger partial charge in [-0.05, 0) is 48.4 Å². The van der Waals surface area contributed by atoms with Gasteiger partial charge in [0.2, 0.25) is 24.5 Å². The number of carbonyl (C=O) groups excluding carboxylic acids is 3. The van der Waals surface area contributed by atoms with Crippen LogP contribution in [0.3, 0.4) is 0 Å². The monoisotopic (exact) mass is 493 g/mol. The largest absolute Gasteiger partial charge is 0.454 e. The first kappa shape index (κ1) is 21.7. The fourth-order valence-corrected chi connectivity index (χ4v) is 6.00. The number of nitrogens with zero attached hydrogens (tertiary/aromatic N) is 2. The summed E-state index contributed by atoms with van der Waals surface area (Å²) in [6.07, 6.45) is 3.77. The van der Waals surface area contributed by atoms with Crippen LogP contribution in [0.25, 0.3) is 6.08 Å². The molecule has 4 unspecified atom stereocenters. The number of rotatable bonds is 3. The Bertz CT molecular complexity index is 1500. The van der Waals surface area contributed by atoms with E-state index < -0.39 is 23.9 Å². The Morgan fingerprint density at radius 2 is 1.68 bits per heavy atom. The van der Waals surface area contributed by atoms with Crippen LogP contribution < -0.4 is 19.7 Å². The molecule has 0 radical (unpaired) electrons. The van der Waals surface area contributed by atoms with E-state index in [1.165, 1.54) is 4.90 Å². The quantitative estimate of drug-likeness (QED) is 0.558. The summed E-state index contributed by atoms with van der Waals surface area (Å²) in [5, 5.41) is 2.95. The Morgan fingerprint density at radius 3 is 2.51 bits per heavy atom. The molecule has 4 aliphatic heterocycles. The van der Waals surface area contributed by atoms with Gasteiger partial charge in [-0.25, -0.2) is 4.90 Å². The Balaban J connectivity index is 1.29. The lowest BCUT2D eigenvalue weighted by molar-refractivity contribution is -0.128. The van der Waals surface area contributed by atoms with Crippen molar-refractivity contribution in [2.75, 3.05) is 17.0 Å². The van der Waals surface area contributed by atoms with Crippen molar-refractivity contribution in [1.29, 1.82) is 0 Å². The van der Waals surface area contributed by atoms with E-state index in [-0.39, 0.29) is 24.5 Å². The fraction of sp³-hybridized carbons (Fsp3) is 0.207. The van der Waals surface area contributed by atoms with Gasteiger partial charge < -0.3 is 19.7 Å². The van der Waals surface area contributed by atoms with Crippen molar-refractivity contribution < 1.29 is 23.9 Å². The zero-order valence-electron chi connectivity index (χ0n) is 20.0. The first-order valence-corrected chi connectivity index (χ1v) is 12.2. The molecule has 0 aromatic heterocycles. The van der Waals surface area contributed by atoms with Gasteiger partial charge in [-0.15, -0.1) is 0 Å². The predicted molar refractivity (Wildman–Crippen MR) is 136 cm³/mol. The van der Waals surface area contributed by atoms with Gasteiger partial charge in [0.05, 0.1) is 23.6 Å². The SMILES string of the molecule is Cc1ccc(N2C(=O)C3C(C2=O)C2c4ccccc4C=CN2C3C(=O)Nc2ccc3c(c2)OCO3)cc1. The summed E-state index contributed by atoms with van der Waals surface area (Å²) in [6, 6.07) is 19.0. The molecule has 2 saturated heterocycles. The van der Waals surface area contributed by atoms with Crippen LogP contribution in [-0.4, -0.2) is 35.5 Å².